The molecule has 1 aromatic rings. The van der Waals surface area contributed by atoms with Gasteiger partial charge in [0.25, 0.3) is 0 Å². The van der Waals surface area contributed by atoms with Crippen molar-refractivity contribution in [3.8, 4) is 0 Å². The summed E-state index contributed by atoms with van der Waals surface area (Å²) in [6.07, 6.45) is 4.43. The first-order valence-electron chi connectivity index (χ1n) is 5.57. The van der Waals surface area contributed by atoms with Crippen molar-refractivity contribution in [1.29, 1.82) is 0 Å². The molecule has 3 heteroatoms. The van der Waals surface area contributed by atoms with Crippen LogP contribution in [0.5, 0.6) is 0 Å². The second-order valence-electron chi connectivity index (χ2n) is 4.51. The van der Waals surface area contributed by atoms with Crippen molar-refractivity contribution >= 4 is 37.6 Å². The number of halogens is 2. The van der Waals surface area contributed by atoms with E-state index in [4.69, 9.17) is 0 Å². The highest BCUT2D eigenvalue weighted by molar-refractivity contribution is 9.11. The van der Waals surface area contributed by atoms with Crippen LogP contribution in [0.25, 0.3) is 0 Å². The number of benzene rings is 1. The largest absolute Gasteiger partial charge is 0.294 e. The number of rotatable bonds is 3. The SMILES string of the molecule is Cc1cc(Br)c(C(=O)CC2CCC2)cc1Br. The highest BCUT2D eigenvalue weighted by atomic mass is 79.9. The molecule has 86 valence electrons. The average molecular weight is 346 g/mol. The van der Waals surface area contributed by atoms with Crippen LogP contribution in [0.2, 0.25) is 0 Å². The number of carbonyl (C=O) groups is 1. The molecule has 16 heavy (non-hydrogen) atoms. The van der Waals surface area contributed by atoms with Gasteiger partial charge in [0, 0.05) is 20.9 Å². The van der Waals surface area contributed by atoms with Gasteiger partial charge in [-0.05, 0) is 30.5 Å². The highest BCUT2D eigenvalue weighted by Crippen LogP contribution is 2.33. The topological polar surface area (TPSA) is 17.1 Å². The van der Waals surface area contributed by atoms with Crippen molar-refractivity contribution in [3.63, 3.8) is 0 Å². The van der Waals surface area contributed by atoms with Gasteiger partial charge in [0.2, 0.25) is 0 Å². The molecule has 1 aliphatic rings. The van der Waals surface area contributed by atoms with Gasteiger partial charge in [-0.25, -0.2) is 0 Å². The molecule has 0 bridgehead atoms. The van der Waals surface area contributed by atoms with Crippen molar-refractivity contribution < 1.29 is 4.79 Å². The second kappa shape index (κ2) is 5.01. The summed E-state index contributed by atoms with van der Waals surface area (Å²) in [5, 5.41) is 0. The van der Waals surface area contributed by atoms with Crippen LogP contribution in [0.1, 0.15) is 41.6 Å². The Bertz CT molecular complexity index is 422. The maximum atomic E-state index is 12.1. The number of hydrogen-bond acceptors (Lipinski definition) is 1. The fraction of sp³-hybridized carbons (Fsp3) is 0.462. The molecule has 0 saturated heterocycles. The average Bonchev–Trinajstić information content (AvgIpc) is 2.17. The summed E-state index contributed by atoms with van der Waals surface area (Å²) in [6.45, 7) is 2.02. The lowest BCUT2D eigenvalue weighted by Crippen LogP contribution is -2.16. The zero-order valence-electron chi connectivity index (χ0n) is 9.22. The number of carbonyl (C=O) groups excluding carboxylic acids is 1. The lowest BCUT2D eigenvalue weighted by molar-refractivity contribution is 0.0935. The van der Waals surface area contributed by atoms with Gasteiger partial charge in [0.05, 0.1) is 0 Å². The Morgan fingerprint density at radius 1 is 1.31 bits per heavy atom. The van der Waals surface area contributed by atoms with Crippen LogP contribution in [0.4, 0.5) is 0 Å². The fourth-order valence-corrected chi connectivity index (χ4v) is 2.95. The van der Waals surface area contributed by atoms with Crippen LogP contribution >= 0.6 is 31.9 Å². The maximum Gasteiger partial charge on any atom is 0.164 e. The minimum Gasteiger partial charge on any atom is -0.294 e. The van der Waals surface area contributed by atoms with E-state index in [9.17, 15) is 4.79 Å². The molecular formula is C13H14Br2O. The van der Waals surface area contributed by atoms with Crippen molar-refractivity contribution in [2.24, 2.45) is 5.92 Å². The Kier molecular flexibility index (Phi) is 3.85. The molecule has 0 aromatic heterocycles. The molecular weight excluding hydrogens is 332 g/mol. The van der Waals surface area contributed by atoms with Crippen LogP contribution < -0.4 is 0 Å². The summed E-state index contributed by atoms with van der Waals surface area (Å²) < 4.78 is 1.92. The second-order valence-corrected chi connectivity index (χ2v) is 6.21. The molecule has 0 atom stereocenters. The van der Waals surface area contributed by atoms with Crippen LogP contribution in [0, 0.1) is 12.8 Å². The molecule has 0 heterocycles. The molecule has 1 aliphatic carbocycles. The minimum atomic E-state index is 0.261. The standard InChI is InChI=1S/C13H14Br2O/c1-8-5-12(15)10(7-11(8)14)13(16)6-9-3-2-4-9/h5,7,9H,2-4,6H2,1H3. The lowest BCUT2D eigenvalue weighted by atomic mass is 9.81. The summed E-state index contributed by atoms with van der Waals surface area (Å²) in [4.78, 5) is 12.1. The third-order valence-corrected chi connectivity index (χ3v) is 4.76. The van der Waals surface area contributed by atoms with Crippen LogP contribution in [0.15, 0.2) is 21.1 Å². The van der Waals surface area contributed by atoms with Crippen LogP contribution in [-0.4, -0.2) is 5.78 Å². The number of Topliss-reactive ketones (excluding diaryl/α,β-unsaturated/α-hetero) is 1. The van der Waals surface area contributed by atoms with E-state index in [0.29, 0.717) is 12.3 Å². The first kappa shape index (κ1) is 12.3. The highest BCUT2D eigenvalue weighted by Gasteiger charge is 2.22. The number of ketones is 1. The van der Waals surface area contributed by atoms with E-state index in [-0.39, 0.29) is 5.78 Å². The monoisotopic (exact) mass is 344 g/mol. The van der Waals surface area contributed by atoms with Gasteiger partial charge < -0.3 is 0 Å². The van der Waals surface area contributed by atoms with Crippen LogP contribution in [0.3, 0.4) is 0 Å². The van der Waals surface area contributed by atoms with E-state index in [0.717, 1.165) is 20.1 Å². The van der Waals surface area contributed by atoms with Crippen molar-refractivity contribution in [2.75, 3.05) is 0 Å². The van der Waals surface area contributed by atoms with Crippen LogP contribution in [-0.2, 0) is 0 Å². The zero-order valence-corrected chi connectivity index (χ0v) is 12.4. The van der Waals surface area contributed by atoms with E-state index in [1.54, 1.807) is 0 Å². The molecule has 1 nitrogen and oxygen atoms in total. The van der Waals surface area contributed by atoms with Gasteiger partial charge >= 0.3 is 0 Å². The quantitative estimate of drug-likeness (QED) is 0.712. The fourth-order valence-electron chi connectivity index (χ4n) is 1.93. The van der Waals surface area contributed by atoms with Crippen molar-refractivity contribution in [3.05, 3.63) is 32.2 Å². The summed E-state index contributed by atoms with van der Waals surface area (Å²) in [7, 11) is 0. The van der Waals surface area contributed by atoms with E-state index < -0.39 is 0 Å². The van der Waals surface area contributed by atoms with Gasteiger partial charge in [-0.15, -0.1) is 0 Å². The zero-order chi connectivity index (χ0) is 11.7. The molecule has 0 N–H and O–H groups in total. The molecule has 1 fully saturated rings. The maximum absolute atomic E-state index is 12.1. The van der Waals surface area contributed by atoms with Crippen molar-refractivity contribution in [2.45, 2.75) is 32.6 Å². The number of aryl methyl sites for hydroxylation is 1. The summed E-state index contributed by atoms with van der Waals surface area (Å²) in [5.41, 5.74) is 1.96. The normalized spacial score (nSPS) is 15.9. The Balaban J connectivity index is 2.18. The first-order chi connectivity index (χ1) is 7.58. The van der Waals surface area contributed by atoms with E-state index >= 15 is 0 Å². The molecule has 0 amide bonds. The molecule has 0 radical (unpaired) electrons. The Labute approximate surface area is 113 Å². The third kappa shape index (κ3) is 2.57. The van der Waals surface area contributed by atoms with Gasteiger partial charge in [0.15, 0.2) is 5.78 Å². The molecule has 2 rings (SSSR count). The predicted molar refractivity (Wildman–Crippen MR) is 72.9 cm³/mol. The summed E-state index contributed by atoms with van der Waals surface area (Å²) in [5.74, 6) is 0.886. The molecule has 1 saturated carbocycles. The molecule has 1 aromatic carbocycles. The van der Waals surface area contributed by atoms with Gasteiger partial charge in [-0.1, -0.05) is 51.1 Å². The van der Waals surface area contributed by atoms with Gasteiger partial charge in [-0.3, -0.25) is 4.79 Å². The number of hydrogen-bond donors (Lipinski definition) is 0. The van der Waals surface area contributed by atoms with Gasteiger partial charge in [-0.2, -0.15) is 0 Å². The van der Waals surface area contributed by atoms with Gasteiger partial charge in [0.1, 0.15) is 0 Å². The van der Waals surface area contributed by atoms with E-state index in [2.05, 4.69) is 31.9 Å². The van der Waals surface area contributed by atoms with E-state index in [1.807, 2.05) is 19.1 Å². The molecule has 0 unspecified atom stereocenters. The Morgan fingerprint density at radius 3 is 2.56 bits per heavy atom. The first-order valence-corrected chi connectivity index (χ1v) is 7.15. The lowest BCUT2D eigenvalue weighted by Gasteiger charge is -2.24. The minimum absolute atomic E-state index is 0.261. The summed E-state index contributed by atoms with van der Waals surface area (Å²) in [6, 6.07) is 3.93. The van der Waals surface area contributed by atoms with E-state index in [1.165, 1.54) is 19.3 Å². The predicted octanol–water partition coefficient (Wildman–Crippen LogP) is 4.89. The molecule has 0 spiro atoms. The van der Waals surface area contributed by atoms with Crippen molar-refractivity contribution in [1.82, 2.24) is 0 Å². The Morgan fingerprint density at radius 2 is 2.00 bits per heavy atom. The third-order valence-electron chi connectivity index (χ3n) is 3.25. The Hall–Kier alpha value is -0.150. The summed E-state index contributed by atoms with van der Waals surface area (Å²) >= 11 is 6.94. The molecule has 0 aliphatic heterocycles. The smallest absolute Gasteiger partial charge is 0.164 e.